The van der Waals surface area contributed by atoms with Crippen LogP contribution in [0, 0.1) is 17.6 Å². The number of carbonyl (C=O) groups excluding carboxylic acids is 2. The van der Waals surface area contributed by atoms with Crippen LogP contribution in [-0.2, 0) is 4.79 Å². The van der Waals surface area contributed by atoms with E-state index in [1.54, 1.807) is 26.0 Å². The molecule has 0 aliphatic heterocycles. The van der Waals surface area contributed by atoms with Crippen LogP contribution in [0.15, 0.2) is 42.7 Å². The van der Waals surface area contributed by atoms with Crippen molar-refractivity contribution in [3.63, 3.8) is 0 Å². The summed E-state index contributed by atoms with van der Waals surface area (Å²) in [6.07, 6.45) is 3.01. The third-order valence-electron chi connectivity index (χ3n) is 3.37. The Labute approximate surface area is 138 Å². The second-order valence-corrected chi connectivity index (χ2v) is 5.52. The van der Waals surface area contributed by atoms with Crippen molar-refractivity contribution >= 4 is 17.5 Å². The molecule has 2 rings (SSSR count). The summed E-state index contributed by atoms with van der Waals surface area (Å²) in [7, 11) is 0. The number of hydrogen-bond donors (Lipinski definition) is 2. The molecule has 1 atom stereocenters. The standard InChI is InChI=1S/C17H17F2N3O2/c1-10(2)15(17(24)21-11-6-8-20-9-7-11)22-16(23)14-12(18)4-3-5-13(14)19/h3-10,15H,1-2H3,(H,22,23)(H,20,21,24)/t15-/m1/s1. The van der Waals surface area contributed by atoms with Gasteiger partial charge in [-0.1, -0.05) is 19.9 Å². The van der Waals surface area contributed by atoms with Gasteiger partial charge in [-0.25, -0.2) is 8.78 Å². The number of halogens is 2. The summed E-state index contributed by atoms with van der Waals surface area (Å²) < 4.78 is 27.4. The van der Waals surface area contributed by atoms with E-state index in [0.29, 0.717) is 5.69 Å². The maximum atomic E-state index is 13.7. The first-order valence-corrected chi connectivity index (χ1v) is 7.36. The van der Waals surface area contributed by atoms with E-state index in [0.717, 1.165) is 18.2 Å². The first-order chi connectivity index (χ1) is 11.4. The van der Waals surface area contributed by atoms with Gasteiger partial charge >= 0.3 is 0 Å². The Morgan fingerprint density at radius 1 is 1.04 bits per heavy atom. The van der Waals surface area contributed by atoms with Crippen LogP contribution in [0.2, 0.25) is 0 Å². The number of nitrogens with zero attached hydrogens (tertiary/aromatic N) is 1. The number of rotatable bonds is 5. The second kappa shape index (κ2) is 7.63. The van der Waals surface area contributed by atoms with Crippen molar-refractivity contribution in [2.75, 3.05) is 5.32 Å². The van der Waals surface area contributed by atoms with E-state index in [1.165, 1.54) is 12.4 Å². The van der Waals surface area contributed by atoms with Crippen LogP contribution in [0.3, 0.4) is 0 Å². The molecule has 1 aromatic carbocycles. The summed E-state index contributed by atoms with van der Waals surface area (Å²) in [6.45, 7) is 3.43. The fourth-order valence-corrected chi connectivity index (χ4v) is 2.12. The van der Waals surface area contributed by atoms with Gasteiger partial charge in [0.2, 0.25) is 5.91 Å². The molecule has 0 aliphatic rings. The number of amides is 2. The summed E-state index contributed by atoms with van der Waals surface area (Å²) in [5.74, 6) is -3.71. The second-order valence-electron chi connectivity index (χ2n) is 5.52. The monoisotopic (exact) mass is 333 g/mol. The lowest BCUT2D eigenvalue weighted by Gasteiger charge is -2.22. The van der Waals surface area contributed by atoms with Crippen molar-refractivity contribution in [2.24, 2.45) is 5.92 Å². The van der Waals surface area contributed by atoms with Crippen LogP contribution in [-0.4, -0.2) is 22.8 Å². The summed E-state index contributed by atoms with van der Waals surface area (Å²) in [5, 5.41) is 5.02. The van der Waals surface area contributed by atoms with Gasteiger partial charge in [-0.05, 0) is 30.2 Å². The quantitative estimate of drug-likeness (QED) is 0.884. The molecular weight excluding hydrogens is 316 g/mol. The molecule has 1 aromatic heterocycles. The lowest BCUT2D eigenvalue weighted by atomic mass is 10.0. The topological polar surface area (TPSA) is 71.1 Å². The molecule has 2 aromatic rings. The number of nitrogens with one attached hydrogen (secondary N) is 2. The van der Waals surface area contributed by atoms with Gasteiger partial charge < -0.3 is 10.6 Å². The fraction of sp³-hybridized carbons (Fsp3) is 0.235. The van der Waals surface area contributed by atoms with E-state index in [1.807, 2.05) is 0 Å². The van der Waals surface area contributed by atoms with E-state index in [9.17, 15) is 18.4 Å². The molecule has 24 heavy (non-hydrogen) atoms. The van der Waals surface area contributed by atoms with Crippen molar-refractivity contribution in [1.82, 2.24) is 10.3 Å². The highest BCUT2D eigenvalue weighted by atomic mass is 19.1. The van der Waals surface area contributed by atoms with Crippen molar-refractivity contribution in [3.05, 3.63) is 59.9 Å². The largest absolute Gasteiger partial charge is 0.340 e. The Hall–Kier alpha value is -2.83. The summed E-state index contributed by atoms with van der Waals surface area (Å²) in [5.41, 5.74) is -0.202. The molecule has 0 spiro atoms. The maximum Gasteiger partial charge on any atom is 0.257 e. The molecule has 126 valence electrons. The predicted octanol–water partition coefficient (Wildman–Crippen LogP) is 2.75. The minimum atomic E-state index is -0.982. The molecule has 0 radical (unpaired) electrons. The molecular formula is C17H17F2N3O2. The average molecular weight is 333 g/mol. The normalized spacial score (nSPS) is 11.9. The number of pyridine rings is 1. The SMILES string of the molecule is CC(C)[C@@H](NC(=O)c1c(F)cccc1F)C(=O)Nc1ccncc1. The van der Waals surface area contributed by atoms with Gasteiger partial charge in [0.05, 0.1) is 0 Å². The highest BCUT2D eigenvalue weighted by Crippen LogP contribution is 2.14. The summed E-state index contributed by atoms with van der Waals surface area (Å²) in [6, 6.07) is 5.36. The van der Waals surface area contributed by atoms with Crippen LogP contribution in [0.1, 0.15) is 24.2 Å². The zero-order valence-electron chi connectivity index (χ0n) is 13.2. The Balaban J connectivity index is 2.16. The highest BCUT2D eigenvalue weighted by molar-refractivity contribution is 6.01. The first-order valence-electron chi connectivity index (χ1n) is 7.36. The van der Waals surface area contributed by atoms with Gasteiger partial charge in [0.1, 0.15) is 23.2 Å². The molecule has 0 bridgehead atoms. The molecule has 7 heteroatoms. The Kier molecular flexibility index (Phi) is 5.57. The number of carbonyl (C=O) groups is 2. The van der Waals surface area contributed by atoms with E-state index in [-0.39, 0.29) is 5.92 Å². The molecule has 0 saturated heterocycles. The van der Waals surface area contributed by atoms with Gasteiger partial charge in [0, 0.05) is 18.1 Å². The molecule has 2 amide bonds. The third-order valence-corrected chi connectivity index (χ3v) is 3.37. The van der Waals surface area contributed by atoms with Gasteiger partial charge in [0.25, 0.3) is 5.91 Å². The van der Waals surface area contributed by atoms with Gasteiger partial charge in [0.15, 0.2) is 0 Å². The fourth-order valence-electron chi connectivity index (χ4n) is 2.12. The zero-order chi connectivity index (χ0) is 17.7. The molecule has 2 N–H and O–H groups in total. The van der Waals surface area contributed by atoms with Gasteiger partial charge in [-0.3, -0.25) is 14.6 Å². The van der Waals surface area contributed by atoms with Crippen molar-refractivity contribution in [1.29, 1.82) is 0 Å². The molecule has 0 aliphatic carbocycles. The van der Waals surface area contributed by atoms with Gasteiger partial charge in [-0.2, -0.15) is 0 Å². The minimum Gasteiger partial charge on any atom is -0.340 e. The third kappa shape index (κ3) is 4.13. The molecule has 0 unspecified atom stereocenters. The average Bonchev–Trinajstić information content (AvgIpc) is 2.53. The van der Waals surface area contributed by atoms with Crippen molar-refractivity contribution in [3.8, 4) is 0 Å². The van der Waals surface area contributed by atoms with E-state index < -0.39 is 35.1 Å². The minimum absolute atomic E-state index is 0.286. The Morgan fingerprint density at radius 2 is 1.62 bits per heavy atom. The Bertz CT molecular complexity index is 716. The van der Waals surface area contributed by atoms with E-state index >= 15 is 0 Å². The number of hydrogen-bond acceptors (Lipinski definition) is 3. The lowest BCUT2D eigenvalue weighted by Crippen LogP contribution is -2.47. The lowest BCUT2D eigenvalue weighted by molar-refractivity contribution is -0.118. The van der Waals surface area contributed by atoms with Gasteiger partial charge in [-0.15, -0.1) is 0 Å². The number of anilines is 1. The molecule has 5 nitrogen and oxygen atoms in total. The summed E-state index contributed by atoms with van der Waals surface area (Å²) >= 11 is 0. The molecule has 0 saturated carbocycles. The van der Waals surface area contributed by atoms with Crippen LogP contribution >= 0.6 is 0 Å². The smallest absolute Gasteiger partial charge is 0.257 e. The molecule has 1 heterocycles. The van der Waals surface area contributed by atoms with E-state index in [2.05, 4.69) is 15.6 Å². The van der Waals surface area contributed by atoms with Crippen LogP contribution in [0.25, 0.3) is 0 Å². The Morgan fingerprint density at radius 3 is 2.17 bits per heavy atom. The molecule has 0 fully saturated rings. The van der Waals surface area contributed by atoms with Crippen LogP contribution in [0.4, 0.5) is 14.5 Å². The van der Waals surface area contributed by atoms with E-state index in [4.69, 9.17) is 0 Å². The van der Waals surface area contributed by atoms with Crippen LogP contribution < -0.4 is 10.6 Å². The maximum absolute atomic E-state index is 13.7. The first kappa shape index (κ1) is 17.5. The van der Waals surface area contributed by atoms with Crippen molar-refractivity contribution < 1.29 is 18.4 Å². The zero-order valence-corrected chi connectivity index (χ0v) is 13.2. The van der Waals surface area contributed by atoms with Crippen molar-refractivity contribution in [2.45, 2.75) is 19.9 Å². The summed E-state index contributed by atoms with van der Waals surface area (Å²) in [4.78, 5) is 28.4. The highest BCUT2D eigenvalue weighted by Gasteiger charge is 2.27. The number of benzene rings is 1. The van der Waals surface area contributed by atoms with Crippen LogP contribution in [0.5, 0.6) is 0 Å². The number of aromatic nitrogens is 1. The predicted molar refractivity (Wildman–Crippen MR) is 85.3 cm³/mol.